The van der Waals surface area contributed by atoms with E-state index >= 15 is 0 Å². The van der Waals surface area contributed by atoms with Gasteiger partial charge in [-0.15, -0.1) is 0 Å². The van der Waals surface area contributed by atoms with Crippen LogP contribution in [0.1, 0.15) is 34.3 Å². The van der Waals surface area contributed by atoms with Crippen LogP contribution in [0.25, 0.3) is 0 Å². The number of allylic oxidation sites excluding steroid dienone is 1. The second kappa shape index (κ2) is 9.34. The van der Waals surface area contributed by atoms with Crippen molar-refractivity contribution in [1.29, 1.82) is 5.26 Å². The van der Waals surface area contributed by atoms with E-state index in [-0.39, 0.29) is 28.5 Å². The quantitative estimate of drug-likeness (QED) is 0.248. The summed E-state index contributed by atoms with van der Waals surface area (Å²) in [4.78, 5) is 22.9. The smallest absolute Gasteiger partial charge is 0.343 e. The number of nitriles is 1. The first-order valence-electron chi connectivity index (χ1n) is 10.3. The molecule has 0 saturated heterocycles. The van der Waals surface area contributed by atoms with Crippen molar-refractivity contribution in [3.05, 3.63) is 105 Å². The molecule has 1 aliphatic heterocycles. The van der Waals surface area contributed by atoms with Gasteiger partial charge in [0.05, 0.1) is 23.0 Å². The first-order valence-corrected chi connectivity index (χ1v) is 10.3. The Balaban J connectivity index is 1.70. The van der Waals surface area contributed by atoms with Crippen molar-refractivity contribution < 1.29 is 23.9 Å². The topological polar surface area (TPSA) is 138 Å². The Labute approximate surface area is 194 Å². The number of nitro benzene ring substituents is 1. The highest BCUT2D eigenvalue weighted by atomic mass is 16.6. The number of nitro groups is 1. The van der Waals surface area contributed by atoms with E-state index in [4.69, 9.17) is 19.9 Å². The van der Waals surface area contributed by atoms with Gasteiger partial charge in [0.25, 0.3) is 5.69 Å². The number of non-ortho nitro benzene ring substituents is 1. The van der Waals surface area contributed by atoms with Gasteiger partial charge >= 0.3 is 5.97 Å². The van der Waals surface area contributed by atoms with Crippen molar-refractivity contribution in [3.8, 4) is 23.3 Å². The van der Waals surface area contributed by atoms with Crippen LogP contribution in [0.4, 0.5) is 5.69 Å². The molecule has 0 saturated carbocycles. The average Bonchev–Trinajstić information content (AvgIpc) is 2.84. The Morgan fingerprint density at radius 3 is 2.68 bits per heavy atom. The van der Waals surface area contributed by atoms with Crippen molar-refractivity contribution in [2.24, 2.45) is 5.73 Å². The largest absolute Gasteiger partial charge is 0.494 e. The molecule has 3 aromatic rings. The lowest BCUT2D eigenvalue weighted by atomic mass is 9.83. The van der Waals surface area contributed by atoms with E-state index in [1.807, 2.05) is 31.2 Å². The fourth-order valence-electron chi connectivity index (χ4n) is 3.74. The summed E-state index contributed by atoms with van der Waals surface area (Å²) in [5, 5.41) is 20.8. The zero-order chi connectivity index (χ0) is 24.2. The lowest BCUT2D eigenvalue weighted by Crippen LogP contribution is -2.21. The number of carbonyl (C=O) groups is 1. The van der Waals surface area contributed by atoms with Crippen LogP contribution in [-0.4, -0.2) is 17.5 Å². The zero-order valence-corrected chi connectivity index (χ0v) is 18.1. The van der Waals surface area contributed by atoms with Crippen molar-refractivity contribution in [2.75, 3.05) is 6.61 Å². The fraction of sp³-hybridized carbons (Fsp3) is 0.120. The first kappa shape index (κ1) is 22.4. The molecule has 9 heteroatoms. The first-order chi connectivity index (χ1) is 16.4. The summed E-state index contributed by atoms with van der Waals surface area (Å²) in [5.41, 5.74) is 7.50. The SMILES string of the molecule is CCOc1ccccc1C1C(C#N)=C(N)Oc2cc(OC(=O)c3cccc([N+](=O)[O-])c3)ccc21. The summed E-state index contributed by atoms with van der Waals surface area (Å²) in [7, 11) is 0. The number of para-hydroxylation sites is 1. The minimum atomic E-state index is -0.765. The second-order valence-corrected chi connectivity index (χ2v) is 7.29. The van der Waals surface area contributed by atoms with Gasteiger partial charge in [0.2, 0.25) is 5.88 Å². The van der Waals surface area contributed by atoms with Crippen LogP contribution in [0.3, 0.4) is 0 Å². The molecule has 170 valence electrons. The number of ether oxygens (including phenoxy) is 3. The highest BCUT2D eigenvalue weighted by Gasteiger charge is 2.33. The normalized spacial score (nSPS) is 14.4. The number of hydrogen-bond acceptors (Lipinski definition) is 8. The minimum Gasteiger partial charge on any atom is -0.494 e. The summed E-state index contributed by atoms with van der Waals surface area (Å²) in [6, 6.07) is 19.4. The molecule has 0 bridgehead atoms. The summed E-state index contributed by atoms with van der Waals surface area (Å²) in [6.07, 6.45) is 0. The lowest BCUT2D eigenvalue weighted by molar-refractivity contribution is -0.384. The van der Waals surface area contributed by atoms with Gasteiger partial charge in [-0.2, -0.15) is 5.26 Å². The summed E-state index contributed by atoms with van der Waals surface area (Å²) < 4.78 is 16.8. The van der Waals surface area contributed by atoms with E-state index in [9.17, 15) is 20.2 Å². The number of carbonyl (C=O) groups excluding carboxylic acids is 1. The second-order valence-electron chi connectivity index (χ2n) is 7.29. The third-order valence-electron chi connectivity index (χ3n) is 5.22. The number of nitrogens with two attached hydrogens (primary N) is 1. The molecule has 0 aliphatic carbocycles. The average molecular weight is 457 g/mol. The predicted octanol–water partition coefficient (Wildman–Crippen LogP) is 4.43. The molecular formula is C25H19N3O6. The highest BCUT2D eigenvalue weighted by molar-refractivity contribution is 5.91. The van der Waals surface area contributed by atoms with Crippen molar-refractivity contribution >= 4 is 11.7 Å². The Bertz CT molecular complexity index is 1360. The van der Waals surface area contributed by atoms with Crippen LogP contribution >= 0.6 is 0 Å². The molecule has 0 radical (unpaired) electrons. The summed E-state index contributed by atoms with van der Waals surface area (Å²) in [6.45, 7) is 2.31. The predicted molar refractivity (Wildman–Crippen MR) is 121 cm³/mol. The summed E-state index contributed by atoms with van der Waals surface area (Å²) in [5.74, 6) is -0.285. The molecule has 2 N–H and O–H groups in total. The molecule has 1 atom stereocenters. The molecule has 4 rings (SSSR count). The van der Waals surface area contributed by atoms with Gasteiger partial charge in [-0.3, -0.25) is 10.1 Å². The van der Waals surface area contributed by atoms with Crippen LogP contribution in [0.15, 0.2) is 78.2 Å². The third kappa shape index (κ3) is 4.25. The summed E-state index contributed by atoms with van der Waals surface area (Å²) >= 11 is 0. The Hall–Kier alpha value is -4.84. The van der Waals surface area contributed by atoms with Crippen molar-refractivity contribution in [2.45, 2.75) is 12.8 Å². The number of hydrogen-bond donors (Lipinski definition) is 1. The monoisotopic (exact) mass is 457 g/mol. The molecule has 34 heavy (non-hydrogen) atoms. The van der Waals surface area contributed by atoms with Gasteiger partial charge < -0.3 is 19.9 Å². The maximum atomic E-state index is 12.5. The molecule has 9 nitrogen and oxygen atoms in total. The highest BCUT2D eigenvalue weighted by Crippen LogP contribution is 2.45. The van der Waals surface area contributed by atoms with E-state index < -0.39 is 16.8 Å². The Kier molecular flexibility index (Phi) is 6.14. The molecule has 0 spiro atoms. The van der Waals surface area contributed by atoms with Gasteiger partial charge in [-0.05, 0) is 25.1 Å². The number of rotatable bonds is 6. The van der Waals surface area contributed by atoms with Gasteiger partial charge in [0.1, 0.15) is 28.9 Å². The van der Waals surface area contributed by atoms with Crippen molar-refractivity contribution in [3.63, 3.8) is 0 Å². The van der Waals surface area contributed by atoms with E-state index in [1.165, 1.54) is 24.3 Å². The fourth-order valence-corrected chi connectivity index (χ4v) is 3.74. The van der Waals surface area contributed by atoms with E-state index in [1.54, 1.807) is 12.1 Å². The molecule has 0 aromatic heterocycles. The molecule has 1 unspecified atom stereocenters. The molecular weight excluding hydrogens is 438 g/mol. The lowest BCUT2D eigenvalue weighted by Gasteiger charge is -2.27. The van der Waals surface area contributed by atoms with Crippen LogP contribution < -0.4 is 19.9 Å². The molecule has 0 amide bonds. The van der Waals surface area contributed by atoms with Crippen LogP contribution in [0.5, 0.6) is 17.2 Å². The van der Waals surface area contributed by atoms with Gasteiger partial charge in [-0.25, -0.2) is 4.79 Å². The van der Waals surface area contributed by atoms with Gasteiger partial charge in [-0.1, -0.05) is 30.3 Å². The van der Waals surface area contributed by atoms with E-state index in [0.29, 0.717) is 23.7 Å². The third-order valence-corrected chi connectivity index (χ3v) is 5.22. The number of fused-ring (bicyclic) bond motifs is 1. The van der Waals surface area contributed by atoms with Crippen LogP contribution in [0, 0.1) is 21.4 Å². The molecule has 1 heterocycles. The maximum absolute atomic E-state index is 12.5. The number of nitrogens with zero attached hydrogens (tertiary/aromatic N) is 2. The zero-order valence-electron chi connectivity index (χ0n) is 18.1. The number of esters is 1. The number of benzene rings is 3. The maximum Gasteiger partial charge on any atom is 0.343 e. The standard InChI is InChI=1S/C25H19N3O6/c1-2-32-21-9-4-3-8-18(21)23-19-11-10-17(13-22(19)34-24(27)20(23)14-26)33-25(29)15-6-5-7-16(12-15)28(30)31/h3-13,23H,2,27H2,1H3. The molecule has 0 fully saturated rings. The van der Waals surface area contributed by atoms with Crippen LogP contribution in [0.2, 0.25) is 0 Å². The van der Waals surface area contributed by atoms with Gasteiger partial charge in [0, 0.05) is 29.3 Å². The van der Waals surface area contributed by atoms with E-state index in [0.717, 1.165) is 11.6 Å². The Morgan fingerprint density at radius 2 is 1.94 bits per heavy atom. The van der Waals surface area contributed by atoms with E-state index in [2.05, 4.69) is 6.07 Å². The van der Waals surface area contributed by atoms with Crippen LogP contribution in [-0.2, 0) is 0 Å². The minimum absolute atomic E-state index is 0.0301. The Morgan fingerprint density at radius 1 is 1.15 bits per heavy atom. The van der Waals surface area contributed by atoms with Crippen molar-refractivity contribution in [1.82, 2.24) is 0 Å². The molecule has 1 aliphatic rings. The molecule has 3 aromatic carbocycles. The van der Waals surface area contributed by atoms with Gasteiger partial charge in [0.15, 0.2) is 0 Å².